The van der Waals surface area contributed by atoms with Crippen molar-refractivity contribution in [3.05, 3.63) is 21.9 Å². The third kappa shape index (κ3) is 2.80. The van der Waals surface area contributed by atoms with Crippen molar-refractivity contribution in [3.8, 4) is 0 Å². The van der Waals surface area contributed by atoms with Crippen molar-refractivity contribution in [1.82, 2.24) is 4.90 Å². The van der Waals surface area contributed by atoms with Gasteiger partial charge in [0, 0.05) is 29.4 Å². The van der Waals surface area contributed by atoms with Crippen LogP contribution in [0.3, 0.4) is 0 Å². The lowest BCUT2D eigenvalue weighted by atomic mass is 9.93. The monoisotopic (exact) mass is 224 g/mol. The molecule has 1 aliphatic heterocycles. The molecule has 0 bridgehead atoms. The summed E-state index contributed by atoms with van der Waals surface area (Å²) in [4.78, 5) is 5.29. The van der Waals surface area contributed by atoms with E-state index >= 15 is 0 Å². The van der Waals surface area contributed by atoms with E-state index in [1.165, 1.54) is 29.3 Å². The highest BCUT2D eigenvalue weighted by Crippen LogP contribution is 2.30. The van der Waals surface area contributed by atoms with Crippen LogP contribution in [0.4, 0.5) is 0 Å². The molecule has 1 aromatic heterocycles. The van der Waals surface area contributed by atoms with Crippen LogP contribution < -0.4 is 5.73 Å². The van der Waals surface area contributed by atoms with Crippen molar-refractivity contribution in [2.75, 3.05) is 13.1 Å². The van der Waals surface area contributed by atoms with E-state index in [1.807, 2.05) is 11.3 Å². The minimum absolute atomic E-state index is 0.508. The van der Waals surface area contributed by atoms with Crippen LogP contribution in [0.5, 0.6) is 0 Å². The summed E-state index contributed by atoms with van der Waals surface area (Å²) in [5.41, 5.74) is 6.12. The molecule has 15 heavy (non-hydrogen) atoms. The van der Waals surface area contributed by atoms with Crippen molar-refractivity contribution < 1.29 is 0 Å². The topological polar surface area (TPSA) is 29.3 Å². The molecule has 0 amide bonds. The molecule has 0 radical (unpaired) electrons. The van der Waals surface area contributed by atoms with Gasteiger partial charge in [-0.05, 0) is 30.5 Å². The highest BCUT2D eigenvalue weighted by molar-refractivity contribution is 7.11. The summed E-state index contributed by atoms with van der Waals surface area (Å²) >= 11 is 1.85. The van der Waals surface area contributed by atoms with Crippen LogP contribution >= 0.6 is 11.3 Å². The quantitative estimate of drug-likeness (QED) is 0.854. The van der Waals surface area contributed by atoms with E-state index in [-0.39, 0.29) is 0 Å². The molecule has 2 rings (SSSR count). The Balaban J connectivity index is 1.92. The first-order valence-electron chi connectivity index (χ1n) is 5.59. The maximum atomic E-state index is 5.61. The van der Waals surface area contributed by atoms with Gasteiger partial charge in [-0.25, -0.2) is 0 Å². The predicted octanol–water partition coefficient (Wildman–Crippen LogP) is 2.44. The molecule has 3 heteroatoms. The number of hydrogen-bond donors (Lipinski definition) is 1. The number of thiophene rings is 1. The van der Waals surface area contributed by atoms with E-state index in [0.717, 1.165) is 6.54 Å². The molecule has 84 valence electrons. The molecule has 0 aromatic carbocycles. The molecule has 0 aliphatic carbocycles. The van der Waals surface area contributed by atoms with Crippen molar-refractivity contribution in [1.29, 1.82) is 0 Å². The minimum atomic E-state index is 0.508. The Morgan fingerprint density at radius 3 is 2.67 bits per heavy atom. The fourth-order valence-electron chi connectivity index (χ4n) is 2.20. The lowest BCUT2D eigenvalue weighted by molar-refractivity contribution is 0.286. The van der Waals surface area contributed by atoms with Crippen LogP contribution in [0.1, 0.15) is 30.0 Å². The molecule has 2 N–H and O–H groups in total. The third-order valence-electron chi connectivity index (χ3n) is 3.05. The zero-order chi connectivity index (χ0) is 10.9. The Bertz CT molecular complexity index is 330. The second-order valence-electron chi connectivity index (χ2n) is 5.20. The molecule has 0 atom stereocenters. The van der Waals surface area contributed by atoms with Gasteiger partial charge in [0.05, 0.1) is 0 Å². The van der Waals surface area contributed by atoms with Gasteiger partial charge in [-0.1, -0.05) is 13.8 Å². The summed E-state index contributed by atoms with van der Waals surface area (Å²) in [6.45, 7) is 8.95. The van der Waals surface area contributed by atoms with Crippen molar-refractivity contribution >= 4 is 11.3 Å². The summed E-state index contributed by atoms with van der Waals surface area (Å²) in [6.07, 6.45) is 1.32. The second kappa shape index (κ2) is 4.24. The Morgan fingerprint density at radius 1 is 1.40 bits per heavy atom. The standard InChI is InChI=1S/C12H20N2S/c1-12(2)5-6-14(9-12)8-11-4-3-10(7-13)15-11/h3-4H,5-9,13H2,1-2H3. The number of likely N-dealkylation sites (tertiary alicyclic amines) is 1. The molecule has 0 saturated carbocycles. The Labute approximate surface area is 96.1 Å². The Hall–Kier alpha value is -0.380. The fourth-order valence-corrected chi connectivity index (χ4v) is 3.14. The third-order valence-corrected chi connectivity index (χ3v) is 4.15. The maximum Gasteiger partial charge on any atom is 0.0328 e. The van der Waals surface area contributed by atoms with Crippen LogP contribution in [0.25, 0.3) is 0 Å². The van der Waals surface area contributed by atoms with Gasteiger partial charge in [-0.2, -0.15) is 0 Å². The van der Waals surface area contributed by atoms with Crippen LogP contribution in [0.2, 0.25) is 0 Å². The van der Waals surface area contributed by atoms with E-state index in [2.05, 4.69) is 30.9 Å². The van der Waals surface area contributed by atoms with Crippen LogP contribution in [-0.2, 0) is 13.1 Å². The summed E-state index contributed by atoms with van der Waals surface area (Å²) in [5.74, 6) is 0. The summed E-state index contributed by atoms with van der Waals surface area (Å²) < 4.78 is 0. The molecular formula is C12H20N2S. The van der Waals surface area contributed by atoms with Crippen molar-refractivity contribution in [3.63, 3.8) is 0 Å². The molecule has 1 aliphatic rings. The fraction of sp³-hybridized carbons (Fsp3) is 0.667. The van der Waals surface area contributed by atoms with E-state index in [1.54, 1.807) is 0 Å². The summed E-state index contributed by atoms with van der Waals surface area (Å²) in [5, 5.41) is 0. The summed E-state index contributed by atoms with van der Waals surface area (Å²) in [7, 11) is 0. The van der Waals surface area contributed by atoms with E-state index in [9.17, 15) is 0 Å². The van der Waals surface area contributed by atoms with E-state index < -0.39 is 0 Å². The van der Waals surface area contributed by atoms with Crippen LogP contribution in [0.15, 0.2) is 12.1 Å². The molecule has 2 nitrogen and oxygen atoms in total. The molecular weight excluding hydrogens is 204 g/mol. The highest BCUT2D eigenvalue weighted by Gasteiger charge is 2.28. The molecule has 0 spiro atoms. The number of nitrogens with two attached hydrogens (primary N) is 1. The smallest absolute Gasteiger partial charge is 0.0328 e. The molecule has 0 unspecified atom stereocenters. The Morgan fingerprint density at radius 2 is 2.13 bits per heavy atom. The van der Waals surface area contributed by atoms with E-state index in [0.29, 0.717) is 12.0 Å². The van der Waals surface area contributed by atoms with Gasteiger partial charge in [-0.3, -0.25) is 4.90 Å². The molecule has 1 saturated heterocycles. The average Bonchev–Trinajstić information content (AvgIpc) is 2.73. The number of hydrogen-bond acceptors (Lipinski definition) is 3. The number of rotatable bonds is 3. The van der Waals surface area contributed by atoms with Gasteiger partial charge in [0.15, 0.2) is 0 Å². The predicted molar refractivity (Wildman–Crippen MR) is 65.9 cm³/mol. The summed E-state index contributed by atoms with van der Waals surface area (Å²) in [6, 6.07) is 4.37. The first-order valence-corrected chi connectivity index (χ1v) is 6.41. The maximum absolute atomic E-state index is 5.61. The molecule has 1 aromatic rings. The zero-order valence-corrected chi connectivity index (χ0v) is 10.4. The van der Waals surface area contributed by atoms with Crippen LogP contribution in [0, 0.1) is 5.41 Å². The van der Waals surface area contributed by atoms with Gasteiger partial charge in [0.25, 0.3) is 0 Å². The van der Waals surface area contributed by atoms with Crippen LogP contribution in [-0.4, -0.2) is 18.0 Å². The Kier molecular flexibility index (Phi) is 3.14. The first-order chi connectivity index (χ1) is 7.09. The SMILES string of the molecule is CC1(C)CCN(Cc2ccc(CN)s2)C1. The van der Waals surface area contributed by atoms with Crippen molar-refractivity contribution in [2.45, 2.75) is 33.4 Å². The molecule has 2 heterocycles. The van der Waals surface area contributed by atoms with Gasteiger partial charge >= 0.3 is 0 Å². The van der Waals surface area contributed by atoms with Crippen molar-refractivity contribution in [2.24, 2.45) is 11.1 Å². The zero-order valence-electron chi connectivity index (χ0n) is 9.62. The normalized spacial score (nSPS) is 21.0. The lowest BCUT2D eigenvalue weighted by Gasteiger charge is -2.18. The lowest BCUT2D eigenvalue weighted by Crippen LogP contribution is -2.22. The van der Waals surface area contributed by atoms with Gasteiger partial charge in [-0.15, -0.1) is 11.3 Å². The van der Waals surface area contributed by atoms with Gasteiger partial charge in [0.1, 0.15) is 0 Å². The minimum Gasteiger partial charge on any atom is -0.326 e. The average molecular weight is 224 g/mol. The largest absolute Gasteiger partial charge is 0.326 e. The first kappa shape index (κ1) is 11.1. The van der Waals surface area contributed by atoms with Gasteiger partial charge in [0.2, 0.25) is 0 Å². The van der Waals surface area contributed by atoms with E-state index in [4.69, 9.17) is 5.73 Å². The highest BCUT2D eigenvalue weighted by atomic mass is 32.1. The van der Waals surface area contributed by atoms with Gasteiger partial charge < -0.3 is 5.73 Å². The second-order valence-corrected chi connectivity index (χ2v) is 6.45. The molecule has 1 fully saturated rings. The number of nitrogens with zero attached hydrogens (tertiary/aromatic N) is 1.